The van der Waals surface area contributed by atoms with Crippen LogP contribution in [0.15, 0.2) is 30.6 Å². The highest BCUT2D eigenvalue weighted by Crippen LogP contribution is 2.30. The minimum atomic E-state index is 0.345. The van der Waals surface area contributed by atoms with Gasteiger partial charge in [-0.25, -0.2) is 0 Å². The van der Waals surface area contributed by atoms with E-state index >= 15 is 0 Å². The maximum atomic E-state index is 5.60. The summed E-state index contributed by atoms with van der Waals surface area (Å²) in [6.07, 6.45) is 3.94. The Kier molecular flexibility index (Phi) is 4.10. The zero-order chi connectivity index (χ0) is 14.7. The van der Waals surface area contributed by atoms with Gasteiger partial charge in [0, 0.05) is 18.8 Å². The topological polar surface area (TPSA) is 48.3 Å². The van der Waals surface area contributed by atoms with Gasteiger partial charge < -0.3 is 14.8 Å². The Hall–Kier alpha value is -2.01. The van der Waals surface area contributed by atoms with Gasteiger partial charge in [0.05, 0.1) is 12.7 Å². The molecule has 0 saturated carbocycles. The lowest BCUT2D eigenvalue weighted by Crippen LogP contribution is -2.30. The van der Waals surface area contributed by atoms with Crippen LogP contribution in [0.1, 0.15) is 18.1 Å². The van der Waals surface area contributed by atoms with Crippen molar-refractivity contribution in [2.75, 3.05) is 13.2 Å². The van der Waals surface area contributed by atoms with Gasteiger partial charge in [0.15, 0.2) is 11.5 Å². The number of ether oxygens (including phenoxy) is 2. The van der Waals surface area contributed by atoms with Crippen molar-refractivity contribution in [2.24, 2.45) is 0 Å². The molecule has 0 spiro atoms. The Morgan fingerprint density at radius 3 is 2.86 bits per heavy atom. The van der Waals surface area contributed by atoms with Crippen molar-refractivity contribution >= 4 is 0 Å². The minimum Gasteiger partial charge on any atom is -0.486 e. The van der Waals surface area contributed by atoms with Gasteiger partial charge in [0.1, 0.15) is 13.2 Å². The number of nitrogens with one attached hydrogen (secondary N) is 1. The molecular weight excluding hydrogens is 266 g/mol. The molecule has 1 aromatic carbocycles. The van der Waals surface area contributed by atoms with Crippen LogP contribution in [0.2, 0.25) is 0 Å². The van der Waals surface area contributed by atoms with Crippen molar-refractivity contribution in [1.29, 1.82) is 0 Å². The molecule has 5 nitrogen and oxygen atoms in total. The van der Waals surface area contributed by atoms with Crippen molar-refractivity contribution in [3.05, 3.63) is 41.7 Å². The summed E-state index contributed by atoms with van der Waals surface area (Å²) < 4.78 is 13.1. The van der Waals surface area contributed by atoms with Gasteiger partial charge in [-0.1, -0.05) is 6.07 Å². The highest BCUT2D eigenvalue weighted by atomic mass is 16.6. The molecule has 2 aromatic rings. The third-order valence-electron chi connectivity index (χ3n) is 3.48. The SMILES string of the molecule is Cc1cnn(CC(C)NCc2ccc3c(c2)OCCO3)c1. The maximum absolute atomic E-state index is 5.60. The predicted octanol–water partition coefficient (Wildman–Crippen LogP) is 2.14. The first kappa shape index (κ1) is 13.9. The number of nitrogens with zero attached hydrogens (tertiary/aromatic N) is 2. The Balaban J connectivity index is 1.54. The second-order valence-corrected chi connectivity index (χ2v) is 5.50. The Morgan fingerprint density at radius 2 is 2.10 bits per heavy atom. The molecule has 2 heterocycles. The number of rotatable bonds is 5. The summed E-state index contributed by atoms with van der Waals surface area (Å²) in [5.41, 5.74) is 2.39. The molecule has 0 bridgehead atoms. The molecule has 5 heteroatoms. The molecule has 21 heavy (non-hydrogen) atoms. The predicted molar refractivity (Wildman–Crippen MR) is 80.7 cm³/mol. The highest BCUT2D eigenvalue weighted by Gasteiger charge is 2.12. The van der Waals surface area contributed by atoms with Gasteiger partial charge in [-0.05, 0) is 37.1 Å². The lowest BCUT2D eigenvalue weighted by atomic mass is 10.2. The third kappa shape index (κ3) is 3.55. The minimum absolute atomic E-state index is 0.345. The van der Waals surface area contributed by atoms with Crippen LogP contribution < -0.4 is 14.8 Å². The number of fused-ring (bicyclic) bond motifs is 1. The van der Waals surface area contributed by atoms with Crippen LogP contribution in [0.25, 0.3) is 0 Å². The van der Waals surface area contributed by atoms with Crippen molar-refractivity contribution in [3.8, 4) is 11.5 Å². The van der Waals surface area contributed by atoms with E-state index in [1.165, 1.54) is 11.1 Å². The lowest BCUT2D eigenvalue weighted by Gasteiger charge is -2.19. The highest BCUT2D eigenvalue weighted by molar-refractivity contribution is 5.43. The molecular formula is C16H21N3O2. The van der Waals surface area contributed by atoms with E-state index in [9.17, 15) is 0 Å². The van der Waals surface area contributed by atoms with Crippen LogP contribution in [-0.2, 0) is 13.1 Å². The molecule has 112 valence electrons. The summed E-state index contributed by atoms with van der Waals surface area (Å²) in [7, 11) is 0. The summed E-state index contributed by atoms with van der Waals surface area (Å²) in [4.78, 5) is 0. The number of hydrogen-bond acceptors (Lipinski definition) is 4. The summed E-state index contributed by atoms with van der Waals surface area (Å²) in [6.45, 7) is 7.13. The van der Waals surface area contributed by atoms with E-state index < -0.39 is 0 Å². The van der Waals surface area contributed by atoms with E-state index in [4.69, 9.17) is 9.47 Å². The summed E-state index contributed by atoms with van der Waals surface area (Å²) in [6, 6.07) is 6.45. The fraction of sp³-hybridized carbons (Fsp3) is 0.438. The van der Waals surface area contributed by atoms with E-state index in [2.05, 4.69) is 36.5 Å². The Morgan fingerprint density at radius 1 is 1.29 bits per heavy atom. The fourth-order valence-electron chi connectivity index (χ4n) is 2.40. The lowest BCUT2D eigenvalue weighted by molar-refractivity contribution is 0.171. The molecule has 1 unspecified atom stereocenters. The zero-order valence-corrected chi connectivity index (χ0v) is 12.5. The van der Waals surface area contributed by atoms with Crippen LogP contribution in [0.4, 0.5) is 0 Å². The number of hydrogen-bond donors (Lipinski definition) is 1. The maximum Gasteiger partial charge on any atom is 0.161 e. The Labute approximate surface area is 124 Å². The van der Waals surface area contributed by atoms with Gasteiger partial charge in [0.2, 0.25) is 0 Å². The van der Waals surface area contributed by atoms with E-state index in [0.29, 0.717) is 19.3 Å². The van der Waals surface area contributed by atoms with E-state index in [1.807, 2.05) is 23.0 Å². The zero-order valence-electron chi connectivity index (χ0n) is 12.5. The molecule has 0 radical (unpaired) electrons. The van der Waals surface area contributed by atoms with E-state index in [0.717, 1.165) is 24.6 Å². The van der Waals surface area contributed by atoms with Crippen molar-refractivity contribution in [1.82, 2.24) is 15.1 Å². The van der Waals surface area contributed by atoms with Crippen LogP contribution in [0, 0.1) is 6.92 Å². The number of aromatic nitrogens is 2. The average molecular weight is 287 g/mol. The largest absolute Gasteiger partial charge is 0.486 e. The van der Waals surface area contributed by atoms with Gasteiger partial charge in [0.25, 0.3) is 0 Å². The molecule has 0 saturated heterocycles. The molecule has 0 amide bonds. The van der Waals surface area contributed by atoms with Crippen LogP contribution in [-0.4, -0.2) is 29.0 Å². The first-order valence-electron chi connectivity index (χ1n) is 7.31. The molecule has 1 atom stereocenters. The quantitative estimate of drug-likeness (QED) is 0.915. The van der Waals surface area contributed by atoms with Crippen LogP contribution >= 0.6 is 0 Å². The van der Waals surface area contributed by atoms with Crippen LogP contribution in [0.3, 0.4) is 0 Å². The second kappa shape index (κ2) is 6.18. The molecule has 0 aliphatic carbocycles. The summed E-state index contributed by atoms with van der Waals surface area (Å²) >= 11 is 0. The van der Waals surface area contributed by atoms with Crippen LogP contribution in [0.5, 0.6) is 11.5 Å². The molecule has 3 rings (SSSR count). The van der Waals surface area contributed by atoms with Crippen molar-refractivity contribution in [3.63, 3.8) is 0 Å². The Bertz CT molecular complexity index is 609. The van der Waals surface area contributed by atoms with Crippen molar-refractivity contribution in [2.45, 2.75) is 33.0 Å². The standard InChI is InChI=1S/C16H21N3O2/c1-12-8-18-19(10-12)11-13(2)17-9-14-3-4-15-16(7-14)21-6-5-20-15/h3-4,7-8,10,13,17H,5-6,9,11H2,1-2H3. The summed E-state index contributed by atoms with van der Waals surface area (Å²) in [5, 5.41) is 7.81. The van der Waals surface area contributed by atoms with Gasteiger partial charge in [-0.3, -0.25) is 4.68 Å². The summed E-state index contributed by atoms with van der Waals surface area (Å²) in [5.74, 6) is 1.68. The smallest absolute Gasteiger partial charge is 0.161 e. The fourth-order valence-corrected chi connectivity index (χ4v) is 2.40. The van der Waals surface area contributed by atoms with Gasteiger partial charge >= 0.3 is 0 Å². The second-order valence-electron chi connectivity index (χ2n) is 5.50. The van der Waals surface area contributed by atoms with Gasteiger partial charge in [-0.15, -0.1) is 0 Å². The molecule has 1 aliphatic rings. The van der Waals surface area contributed by atoms with E-state index in [1.54, 1.807) is 0 Å². The molecule has 0 fully saturated rings. The molecule has 1 N–H and O–H groups in total. The molecule has 1 aliphatic heterocycles. The van der Waals surface area contributed by atoms with Gasteiger partial charge in [-0.2, -0.15) is 5.10 Å². The van der Waals surface area contributed by atoms with E-state index in [-0.39, 0.29) is 0 Å². The van der Waals surface area contributed by atoms with Crippen molar-refractivity contribution < 1.29 is 9.47 Å². The normalized spacial score (nSPS) is 15.0. The molecule has 1 aromatic heterocycles. The first-order chi connectivity index (χ1) is 10.2. The first-order valence-corrected chi connectivity index (χ1v) is 7.31. The monoisotopic (exact) mass is 287 g/mol. The average Bonchev–Trinajstić information content (AvgIpc) is 2.90. The number of aryl methyl sites for hydroxylation is 1. The number of benzene rings is 1. The third-order valence-corrected chi connectivity index (χ3v) is 3.48.